The lowest BCUT2D eigenvalue weighted by molar-refractivity contribution is 0.0951. The number of fused-ring (bicyclic) bond motifs is 4. The van der Waals surface area contributed by atoms with Gasteiger partial charge in [-0.1, -0.05) is 0 Å². The van der Waals surface area contributed by atoms with Crippen LogP contribution in [-0.2, 0) is 13.0 Å². The molecule has 2 aromatic heterocycles. The Bertz CT molecular complexity index is 841. The molecule has 0 radical (unpaired) electrons. The van der Waals surface area contributed by atoms with E-state index in [1.165, 1.54) is 0 Å². The van der Waals surface area contributed by atoms with E-state index in [1.54, 1.807) is 18.5 Å². The van der Waals surface area contributed by atoms with Crippen molar-refractivity contribution in [2.75, 3.05) is 19.6 Å². The molecule has 2 atom stereocenters. The second kappa shape index (κ2) is 9.35. The van der Waals surface area contributed by atoms with Crippen LogP contribution in [0.3, 0.4) is 0 Å². The molecule has 4 heterocycles. The summed E-state index contributed by atoms with van der Waals surface area (Å²) in [5, 5.41) is 6.29. The summed E-state index contributed by atoms with van der Waals surface area (Å²) in [6, 6.07) is 7.48. The number of hydrogen-bond donors (Lipinski definition) is 2. The van der Waals surface area contributed by atoms with Crippen molar-refractivity contribution in [2.45, 2.75) is 25.3 Å². The van der Waals surface area contributed by atoms with Crippen LogP contribution in [0.15, 0.2) is 41.5 Å². The Hall–Kier alpha value is -1.89. The molecule has 6 nitrogen and oxygen atoms in total. The van der Waals surface area contributed by atoms with Gasteiger partial charge in [-0.05, 0) is 55.1 Å². The Morgan fingerprint density at radius 1 is 1.19 bits per heavy atom. The van der Waals surface area contributed by atoms with E-state index in [0.29, 0.717) is 24.9 Å². The molecule has 146 valence electrons. The highest BCUT2D eigenvalue weighted by atomic mass is 35.5. The molecule has 2 aliphatic rings. The number of carbonyl (C=O) groups is 1. The van der Waals surface area contributed by atoms with Gasteiger partial charge in [-0.25, -0.2) is 0 Å². The second-order valence-electron chi connectivity index (χ2n) is 6.91. The SMILES string of the molecule is Cl.Cl.O=C(NCCc1ccncc1)c1ccc2n(c1=O)C[C@@H]1CNC[C@H]2C1. The van der Waals surface area contributed by atoms with Crippen LogP contribution < -0.4 is 16.2 Å². The fraction of sp³-hybridized carbons (Fsp3) is 0.421. The van der Waals surface area contributed by atoms with Crippen LogP contribution in [0, 0.1) is 5.92 Å². The monoisotopic (exact) mass is 410 g/mol. The van der Waals surface area contributed by atoms with Gasteiger partial charge in [0.15, 0.2) is 0 Å². The number of piperidine rings is 1. The lowest BCUT2D eigenvalue weighted by atomic mass is 9.84. The molecule has 0 aromatic carbocycles. The third-order valence-electron chi connectivity index (χ3n) is 5.20. The van der Waals surface area contributed by atoms with Crippen molar-refractivity contribution in [3.8, 4) is 0 Å². The highest BCUT2D eigenvalue weighted by molar-refractivity contribution is 5.93. The Labute approximate surface area is 170 Å². The van der Waals surface area contributed by atoms with Crippen molar-refractivity contribution < 1.29 is 4.79 Å². The zero-order valence-electron chi connectivity index (χ0n) is 14.9. The number of halogens is 2. The maximum Gasteiger partial charge on any atom is 0.263 e. The first-order valence-electron chi connectivity index (χ1n) is 8.84. The van der Waals surface area contributed by atoms with Crippen molar-refractivity contribution in [3.05, 3.63) is 63.8 Å². The van der Waals surface area contributed by atoms with Gasteiger partial charge >= 0.3 is 0 Å². The van der Waals surface area contributed by atoms with Gasteiger partial charge in [-0.15, -0.1) is 24.8 Å². The molecule has 2 aromatic rings. The summed E-state index contributed by atoms with van der Waals surface area (Å²) in [5.41, 5.74) is 2.25. The lowest BCUT2D eigenvalue weighted by Gasteiger charge is -2.37. The summed E-state index contributed by atoms with van der Waals surface area (Å²) in [7, 11) is 0. The van der Waals surface area contributed by atoms with Gasteiger partial charge in [-0.2, -0.15) is 0 Å². The number of pyridine rings is 2. The molecule has 4 rings (SSSR count). The number of carbonyl (C=O) groups excluding carboxylic acids is 1. The van der Waals surface area contributed by atoms with E-state index in [2.05, 4.69) is 15.6 Å². The minimum atomic E-state index is -0.289. The number of nitrogens with one attached hydrogen (secondary N) is 2. The molecule has 0 spiro atoms. The fourth-order valence-corrected chi connectivity index (χ4v) is 3.93. The Morgan fingerprint density at radius 2 is 1.96 bits per heavy atom. The molecule has 1 amide bonds. The van der Waals surface area contributed by atoms with Crippen LogP contribution in [0.2, 0.25) is 0 Å². The molecule has 0 unspecified atom stereocenters. The van der Waals surface area contributed by atoms with Gasteiger partial charge in [0.05, 0.1) is 0 Å². The molecule has 1 saturated heterocycles. The minimum Gasteiger partial charge on any atom is -0.352 e. The minimum absolute atomic E-state index is 0. The smallest absolute Gasteiger partial charge is 0.263 e. The fourth-order valence-electron chi connectivity index (χ4n) is 3.93. The van der Waals surface area contributed by atoms with E-state index in [4.69, 9.17) is 0 Å². The molecular weight excluding hydrogens is 387 g/mol. The molecule has 2 aliphatic heterocycles. The van der Waals surface area contributed by atoms with Crippen molar-refractivity contribution in [1.29, 1.82) is 0 Å². The predicted octanol–water partition coefficient (Wildman–Crippen LogP) is 1.77. The topological polar surface area (TPSA) is 76.0 Å². The number of nitrogens with zero attached hydrogens (tertiary/aromatic N) is 2. The summed E-state index contributed by atoms with van der Waals surface area (Å²) >= 11 is 0. The third kappa shape index (κ3) is 4.51. The van der Waals surface area contributed by atoms with E-state index in [0.717, 1.165) is 37.2 Å². The van der Waals surface area contributed by atoms with Crippen molar-refractivity contribution in [1.82, 2.24) is 20.2 Å². The summed E-state index contributed by atoms with van der Waals surface area (Å²) in [5.74, 6) is 0.571. The van der Waals surface area contributed by atoms with Gasteiger partial charge in [-0.3, -0.25) is 14.6 Å². The Morgan fingerprint density at radius 3 is 2.74 bits per heavy atom. The molecule has 2 N–H and O–H groups in total. The first-order valence-corrected chi connectivity index (χ1v) is 8.84. The van der Waals surface area contributed by atoms with Crippen LogP contribution in [0.25, 0.3) is 0 Å². The summed E-state index contributed by atoms with van der Waals surface area (Å²) in [6.07, 6.45) is 5.32. The van der Waals surface area contributed by atoms with Crippen molar-refractivity contribution in [2.24, 2.45) is 5.92 Å². The molecule has 0 saturated carbocycles. The maximum absolute atomic E-state index is 12.8. The van der Waals surface area contributed by atoms with Gasteiger partial charge in [0.2, 0.25) is 0 Å². The molecule has 0 aliphatic carbocycles. The Balaban J connectivity index is 0.00000131. The standard InChI is InChI=1S/C19H22N4O2.2ClH/c24-18(22-8-5-13-3-6-20-7-4-13)16-1-2-17-15-9-14(10-21-11-15)12-23(17)19(16)25;;/h1-4,6-7,14-15,21H,5,8-12H2,(H,22,24);2*1H/t14-,15+;;/m0../s1. The van der Waals surface area contributed by atoms with E-state index in [9.17, 15) is 9.59 Å². The second-order valence-corrected chi connectivity index (χ2v) is 6.91. The zero-order chi connectivity index (χ0) is 17.2. The average Bonchev–Trinajstić information content (AvgIpc) is 2.64. The summed E-state index contributed by atoms with van der Waals surface area (Å²) in [4.78, 5) is 29.2. The van der Waals surface area contributed by atoms with Gasteiger partial charge in [0, 0.05) is 43.6 Å². The normalized spacial score (nSPS) is 19.9. The van der Waals surface area contributed by atoms with Gasteiger partial charge < -0.3 is 15.2 Å². The van der Waals surface area contributed by atoms with Crippen molar-refractivity contribution in [3.63, 3.8) is 0 Å². The van der Waals surface area contributed by atoms with Crippen LogP contribution in [0.1, 0.15) is 34.0 Å². The maximum atomic E-state index is 12.8. The number of hydrogen-bond acceptors (Lipinski definition) is 4. The molecular formula is C19H24Cl2N4O2. The van der Waals surface area contributed by atoms with E-state index in [1.807, 2.05) is 22.8 Å². The van der Waals surface area contributed by atoms with Crippen LogP contribution >= 0.6 is 24.8 Å². The van der Waals surface area contributed by atoms with Gasteiger partial charge in [0.1, 0.15) is 5.56 Å². The lowest BCUT2D eigenvalue weighted by Crippen LogP contribution is -2.46. The van der Waals surface area contributed by atoms with E-state index in [-0.39, 0.29) is 41.8 Å². The van der Waals surface area contributed by atoms with E-state index >= 15 is 0 Å². The molecule has 2 bridgehead atoms. The molecule has 1 fully saturated rings. The zero-order valence-corrected chi connectivity index (χ0v) is 16.5. The largest absolute Gasteiger partial charge is 0.352 e. The van der Waals surface area contributed by atoms with Crippen LogP contribution in [0.4, 0.5) is 0 Å². The quantitative estimate of drug-likeness (QED) is 0.804. The summed E-state index contributed by atoms with van der Waals surface area (Å²) < 4.78 is 1.82. The van der Waals surface area contributed by atoms with Gasteiger partial charge in [0.25, 0.3) is 11.5 Å². The number of rotatable bonds is 4. The third-order valence-corrected chi connectivity index (χ3v) is 5.20. The predicted molar refractivity (Wildman–Crippen MR) is 109 cm³/mol. The van der Waals surface area contributed by atoms with Crippen LogP contribution in [0.5, 0.6) is 0 Å². The molecule has 8 heteroatoms. The Kier molecular flexibility index (Phi) is 7.41. The highest BCUT2D eigenvalue weighted by Crippen LogP contribution is 2.31. The first-order chi connectivity index (χ1) is 12.2. The number of aromatic nitrogens is 2. The van der Waals surface area contributed by atoms with Crippen LogP contribution in [-0.4, -0.2) is 35.1 Å². The summed E-state index contributed by atoms with van der Waals surface area (Å²) in [6.45, 7) is 3.06. The highest BCUT2D eigenvalue weighted by Gasteiger charge is 2.31. The first kappa shape index (κ1) is 21.4. The number of amides is 1. The van der Waals surface area contributed by atoms with E-state index < -0.39 is 0 Å². The average molecular weight is 411 g/mol. The van der Waals surface area contributed by atoms with Crippen molar-refractivity contribution >= 4 is 30.7 Å². The molecule has 27 heavy (non-hydrogen) atoms.